The quantitative estimate of drug-likeness (QED) is 0.765. The van der Waals surface area contributed by atoms with E-state index in [1.54, 1.807) is 0 Å². The largest absolute Gasteiger partial charge is 0.380 e. The fourth-order valence-corrected chi connectivity index (χ4v) is 2.11. The van der Waals surface area contributed by atoms with Crippen LogP contribution in [0.5, 0.6) is 0 Å². The van der Waals surface area contributed by atoms with Gasteiger partial charge in [-0.15, -0.1) is 0 Å². The number of hydrogen-bond donors (Lipinski definition) is 2. The summed E-state index contributed by atoms with van der Waals surface area (Å²) in [6.45, 7) is 10.6. The molecule has 1 heterocycles. The maximum atomic E-state index is 5.45. The number of ether oxygens (including phenoxy) is 1. The first-order valence-corrected chi connectivity index (χ1v) is 7.62. The molecule has 2 rings (SSSR count). The normalized spacial score (nSPS) is 16.0. The number of anilines is 2. The van der Waals surface area contributed by atoms with Crippen LogP contribution >= 0.6 is 0 Å². The molecule has 1 aliphatic carbocycles. The fraction of sp³-hybridized carbons (Fsp3) is 0.733. The van der Waals surface area contributed by atoms with Crippen LogP contribution in [0.3, 0.4) is 0 Å². The molecule has 20 heavy (non-hydrogen) atoms. The number of aromatic nitrogens is 2. The lowest BCUT2D eigenvalue weighted by Crippen LogP contribution is -2.23. The minimum atomic E-state index is 0.241. The SMILES string of the molecule is CCNc1nc(C2CC2)nc(NC(C)COCC)c1C. The molecule has 1 saturated carbocycles. The van der Waals surface area contributed by atoms with Crippen LogP contribution in [0.25, 0.3) is 0 Å². The monoisotopic (exact) mass is 278 g/mol. The molecule has 0 saturated heterocycles. The summed E-state index contributed by atoms with van der Waals surface area (Å²) >= 11 is 0. The highest BCUT2D eigenvalue weighted by molar-refractivity contribution is 5.58. The number of nitrogens with one attached hydrogen (secondary N) is 2. The minimum absolute atomic E-state index is 0.241. The van der Waals surface area contributed by atoms with Gasteiger partial charge in [0.05, 0.1) is 6.61 Å². The maximum absolute atomic E-state index is 5.45. The molecule has 1 atom stereocenters. The molecule has 0 aromatic carbocycles. The Kier molecular flexibility index (Phi) is 5.17. The van der Waals surface area contributed by atoms with Crippen molar-refractivity contribution in [2.75, 3.05) is 30.4 Å². The van der Waals surface area contributed by atoms with Crippen molar-refractivity contribution in [3.8, 4) is 0 Å². The molecular weight excluding hydrogens is 252 g/mol. The van der Waals surface area contributed by atoms with E-state index in [0.29, 0.717) is 12.5 Å². The summed E-state index contributed by atoms with van der Waals surface area (Å²) in [4.78, 5) is 9.37. The smallest absolute Gasteiger partial charge is 0.136 e. The Hall–Kier alpha value is -1.36. The molecule has 0 amide bonds. The number of nitrogens with zero attached hydrogens (tertiary/aromatic N) is 2. The molecule has 1 aliphatic rings. The Morgan fingerprint density at radius 1 is 1.25 bits per heavy atom. The third-order valence-electron chi connectivity index (χ3n) is 3.40. The predicted molar refractivity (Wildman–Crippen MR) is 82.5 cm³/mol. The zero-order valence-electron chi connectivity index (χ0n) is 13.0. The molecular formula is C15H26N4O. The van der Waals surface area contributed by atoms with E-state index in [1.165, 1.54) is 12.8 Å². The van der Waals surface area contributed by atoms with E-state index >= 15 is 0 Å². The van der Waals surface area contributed by atoms with E-state index in [4.69, 9.17) is 9.72 Å². The minimum Gasteiger partial charge on any atom is -0.380 e. The van der Waals surface area contributed by atoms with Crippen LogP contribution in [0.4, 0.5) is 11.6 Å². The molecule has 1 unspecified atom stereocenters. The van der Waals surface area contributed by atoms with Gasteiger partial charge in [-0.2, -0.15) is 0 Å². The molecule has 5 nitrogen and oxygen atoms in total. The maximum Gasteiger partial charge on any atom is 0.136 e. The Balaban J connectivity index is 2.16. The first kappa shape index (κ1) is 15.0. The fourth-order valence-electron chi connectivity index (χ4n) is 2.11. The highest BCUT2D eigenvalue weighted by Crippen LogP contribution is 2.39. The van der Waals surface area contributed by atoms with Gasteiger partial charge in [-0.05, 0) is 40.5 Å². The van der Waals surface area contributed by atoms with Crippen LogP contribution in [-0.4, -0.2) is 35.8 Å². The second-order valence-corrected chi connectivity index (χ2v) is 5.41. The van der Waals surface area contributed by atoms with Crippen molar-refractivity contribution in [1.29, 1.82) is 0 Å². The second-order valence-electron chi connectivity index (χ2n) is 5.41. The Morgan fingerprint density at radius 3 is 2.55 bits per heavy atom. The van der Waals surface area contributed by atoms with Crippen LogP contribution in [0.15, 0.2) is 0 Å². The molecule has 0 spiro atoms. The molecule has 0 radical (unpaired) electrons. The lowest BCUT2D eigenvalue weighted by molar-refractivity contribution is 0.141. The molecule has 5 heteroatoms. The highest BCUT2D eigenvalue weighted by Gasteiger charge is 2.28. The van der Waals surface area contributed by atoms with Crippen molar-refractivity contribution in [1.82, 2.24) is 9.97 Å². The van der Waals surface area contributed by atoms with Crippen LogP contribution in [0.2, 0.25) is 0 Å². The molecule has 1 aromatic heterocycles. The van der Waals surface area contributed by atoms with Crippen molar-refractivity contribution >= 4 is 11.6 Å². The molecule has 1 fully saturated rings. The topological polar surface area (TPSA) is 59.1 Å². The summed E-state index contributed by atoms with van der Waals surface area (Å²) in [5, 5.41) is 6.78. The van der Waals surface area contributed by atoms with Crippen molar-refractivity contribution in [3.63, 3.8) is 0 Å². The van der Waals surface area contributed by atoms with Crippen molar-refractivity contribution in [2.24, 2.45) is 0 Å². The number of hydrogen-bond acceptors (Lipinski definition) is 5. The van der Waals surface area contributed by atoms with Gasteiger partial charge in [-0.25, -0.2) is 9.97 Å². The summed E-state index contributed by atoms with van der Waals surface area (Å²) in [5.74, 6) is 3.41. The van der Waals surface area contributed by atoms with Gasteiger partial charge in [-0.3, -0.25) is 0 Å². The zero-order chi connectivity index (χ0) is 14.5. The van der Waals surface area contributed by atoms with Crippen molar-refractivity contribution in [3.05, 3.63) is 11.4 Å². The molecule has 0 bridgehead atoms. The van der Waals surface area contributed by atoms with Crippen LogP contribution < -0.4 is 10.6 Å². The van der Waals surface area contributed by atoms with Gasteiger partial charge in [-0.1, -0.05) is 0 Å². The van der Waals surface area contributed by atoms with Crippen LogP contribution in [0.1, 0.15) is 50.9 Å². The Morgan fingerprint density at radius 2 is 1.95 bits per heavy atom. The van der Waals surface area contributed by atoms with Gasteiger partial charge in [0.25, 0.3) is 0 Å². The average molecular weight is 278 g/mol. The van der Waals surface area contributed by atoms with Gasteiger partial charge in [0.2, 0.25) is 0 Å². The third kappa shape index (κ3) is 3.82. The van der Waals surface area contributed by atoms with E-state index in [2.05, 4.69) is 36.4 Å². The van der Waals surface area contributed by atoms with Gasteiger partial charge in [0.15, 0.2) is 0 Å². The first-order valence-electron chi connectivity index (χ1n) is 7.62. The van der Waals surface area contributed by atoms with Crippen molar-refractivity contribution in [2.45, 2.75) is 52.5 Å². The zero-order valence-corrected chi connectivity index (χ0v) is 13.0. The van der Waals surface area contributed by atoms with E-state index in [-0.39, 0.29) is 6.04 Å². The summed E-state index contributed by atoms with van der Waals surface area (Å²) < 4.78 is 5.45. The molecule has 0 aliphatic heterocycles. The van der Waals surface area contributed by atoms with Gasteiger partial charge in [0.1, 0.15) is 17.5 Å². The van der Waals surface area contributed by atoms with E-state index < -0.39 is 0 Å². The lowest BCUT2D eigenvalue weighted by Gasteiger charge is -2.18. The Labute approximate surface area is 121 Å². The van der Waals surface area contributed by atoms with E-state index in [0.717, 1.165) is 36.2 Å². The average Bonchev–Trinajstić information content (AvgIpc) is 3.25. The van der Waals surface area contributed by atoms with Gasteiger partial charge >= 0.3 is 0 Å². The lowest BCUT2D eigenvalue weighted by atomic mass is 10.2. The predicted octanol–water partition coefficient (Wildman–Crippen LogP) is 2.93. The summed E-state index contributed by atoms with van der Waals surface area (Å²) in [6.07, 6.45) is 2.42. The summed E-state index contributed by atoms with van der Waals surface area (Å²) in [5.41, 5.74) is 1.08. The Bertz CT molecular complexity index is 446. The molecule has 2 N–H and O–H groups in total. The van der Waals surface area contributed by atoms with E-state index in [1.807, 2.05) is 6.92 Å². The van der Waals surface area contributed by atoms with Crippen molar-refractivity contribution < 1.29 is 4.74 Å². The van der Waals surface area contributed by atoms with E-state index in [9.17, 15) is 0 Å². The molecule has 112 valence electrons. The van der Waals surface area contributed by atoms with Gasteiger partial charge < -0.3 is 15.4 Å². The standard InChI is InChI=1S/C15H26N4O/c1-5-16-13-11(4)14(17-10(3)9-20-6-2)19-15(18-13)12-7-8-12/h10,12H,5-9H2,1-4H3,(H2,16,17,18,19). The second kappa shape index (κ2) is 6.88. The van der Waals surface area contributed by atoms with Crippen LogP contribution in [0, 0.1) is 6.92 Å². The molecule has 1 aromatic rings. The highest BCUT2D eigenvalue weighted by atomic mass is 16.5. The summed E-state index contributed by atoms with van der Waals surface area (Å²) in [6, 6.07) is 0.241. The number of rotatable bonds is 8. The third-order valence-corrected chi connectivity index (χ3v) is 3.40. The summed E-state index contributed by atoms with van der Waals surface area (Å²) in [7, 11) is 0. The van der Waals surface area contributed by atoms with Crippen LogP contribution in [-0.2, 0) is 4.74 Å². The first-order chi connectivity index (χ1) is 9.65. The van der Waals surface area contributed by atoms with Gasteiger partial charge in [0, 0.05) is 30.7 Å².